The molecule has 2 aromatic carbocycles. The normalized spacial score (nSPS) is 16.8. The Balaban J connectivity index is 2.04. The van der Waals surface area contributed by atoms with Crippen molar-refractivity contribution < 1.29 is 22.6 Å². The van der Waals surface area contributed by atoms with Gasteiger partial charge in [-0.3, -0.25) is 0 Å². The summed E-state index contributed by atoms with van der Waals surface area (Å²) in [6.45, 7) is 0. The molecule has 3 rings (SSSR count). The third kappa shape index (κ3) is 4.00. The third-order valence-corrected chi connectivity index (χ3v) is 5.39. The lowest BCUT2D eigenvalue weighted by atomic mass is 9.98. The number of rotatable bonds is 6. The number of hydrazone groups is 1. The van der Waals surface area contributed by atoms with E-state index in [0.717, 1.165) is 21.8 Å². The molecule has 0 saturated heterocycles. The largest absolute Gasteiger partial charge is 0.497 e. The van der Waals surface area contributed by atoms with E-state index in [2.05, 4.69) is 5.10 Å². The molecule has 7 nitrogen and oxygen atoms in total. The molecule has 0 radical (unpaired) electrons. The molecule has 27 heavy (non-hydrogen) atoms. The number of hydrogen-bond acceptors (Lipinski definition) is 6. The maximum atomic E-state index is 12.3. The Morgan fingerprint density at radius 2 is 1.59 bits per heavy atom. The van der Waals surface area contributed by atoms with Crippen molar-refractivity contribution in [1.82, 2.24) is 4.41 Å². The molecule has 0 aromatic heterocycles. The van der Waals surface area contributed by atoms with E-state index in [1.807, 2.05) is 36.4 Å². The highest BCUT2D eigenvalue weighted by Gasteiger charge is 2.35. The Morgan fingerprint density at radius 3 is 2.15 bits per heavy atom. The van der Waals surface area contributed by atoms with E-state index in [-0.39, 0.29) is 0 Å². The molecule has 0 bridgehead atoms. The zero-order valence-electron chi connectivity index (χ0n) is 15.7. The van der Waals surface area contributed by atoms with Crippen molar-refractivity contribution in [3.63, 3.8) is 0 Å². The lowest BCUT2D eigenvalue weighted by Crippen LogP contribution is -2.25. The fourth-order valence-electron chi connectivity index (χ4n) is 3.04. The van der Waals surface area contributed by atoms with Crippen LogP contribution in [0.1, 0.15) is 23.6 Å². The number of nitrogens with zero attached hydrogens (tertiary/aromatic N) is 2. The van der Waals surface area contributed by atoms with Gasteiger partial charge in [0.2, 0.25) is 10.0 Å². The summed E-state index contributed by atoms with van der Waals surface area (Å²) in [7, 11) is 1.16. The molecule has 1 aliphatic heterocycles. The van der Waals surface area contributed by atoms with E-state index in [9.17, 15) is 8.42 Å². The summed E-state index contributed by atoms with van der Waals surface area (Å²) in [6.07, 6.45) is 1.58. The summed E-state index contributed by atoms with van der Waals surface area (Å²) in [5.74, 6) is 1.89. The van der Waals surface area contributed by atoms with Gasteiger partial charge in [-0.05, 0) is 29.8 Å². The zero-order valence-corrected chi connectivity index (χ0v) is 16.5. The summed E-state index contributed by atoms with van der Waals surface area (Å²) in [4.78, 5) is 0. The molecule has 8 heteroatoms. The van der Waals surface area contributed by atoms with Crippen LogP contribution in [0, 0.1) is 0 Å². The Bertz CT molecular complexity index is 950. The highest BCUT2D eigenvalue weighted by atomic mass is 32.2. The summed E-state index contributed by atoms with van der Waals surface area (Å²) >= 11 is 0. The summed E-state index contributed by atoms with van der Waals surface area (Å²) < 4.78 is 41.7. The smallest absolute Gasteiger partial charge is 0.247 e. The predicted octanol–water partition coefficient (Wildman–Crippen LogP) is 2.82. The number of ether oxygens (including phenoxy) is 3. The van der Waals surface area contributed by atoms with Gasteiger partial charge in [-0.15, -0.1) is 0 Å². The molecular formula is C19H22N2O5S. The Kier molecular flexibility index (Phi) is 5.27. The lowest BCUT2D eigenvalue weighted by molar-refractivity contribution is 0.371. The van der Waals surface area contributed by atoms with Crippen LogP contribution in [0.15, 0.2) is 47.6 Å². The number of benzene rings is 2. The van der Waals surface area contributed by atoms with Crippen molar-refractivity contribution >= 4 is 15.7 Å². The minimum absolute atomic E-state index is 0.427. The van der Waals surface area contributed by atoms with Crippen molar-refractivity contribution in [3.05, 3.63) is 53.6 Å². The molecule has 1 unspecified atom stereocenters. The summed E-state index contributed by atoms with van der Waals surface area (Å²) in [6, 6.07) is 12.3. The first-order valence-electron chi connectivity index (χ1n) is 8.30. The van der Waals surface area contributed by atoms with E-state index in [1.54, 1.807) is 27.4 Å². The van der Waals surface area contributed by atoms with Gasteiger partial charge in [-0.25, -0.2) is 8.42 Å². The standard InChI is InChI=1S/C19H22N2O5S/c1-24-15-7-5-6-13(8-15)19-12-18(20-21(19)27(4,22)23)14-9-16(25-2)11-17(10-14)26-3/h5-11,19H,12H2,1-4H3. The van der Waals surface area contributed by atoms with Crippen LogP contribution in [0.4, 0.5) is 0 Å². The second-order valence-electron chi connectivity index (χ2n) is 6.18. The van der Waals surface area contributed by atoms with Gasteiger partial charge in [-0.2, -0.15) is 9.52 Å². The van der Waals surface area contributed by atoms with Crippen LogP contribution in [0.25, 0.3) is 0 Å². The van der Waals surface area contributed by atoms with Crippen molar-refractivity contribution in [2.24, 2.45) is 5.10 Å². The Morgan fingerprint density at radius 1 is 0.963 bits per heavy atom. The number of hydrogen-bond donors (Lipinski definition) is 0. The van der Waals surface area contributed by atoms with Gasteiger partial charge in [0.15, 0.2) is 0 Å². The van der Waals surface area contributed by atoms with Gasteiger partial charge in [0.1, 0.15) is 17.2 Å². The average Bonchev–Trinajstić information content (AvgIpc) is 3.13. The van der Waals surface area contributed by atoms with Gasteiger partial charge in [0.25, 0.3) is 0 Å². The maximum Gasteiger partial charge on any atom is 0.247 e. The summed E-state index contributed by atoms with van der Waals surface area (Å²) in [5, 5.41) is 4.40. The SMILES string of the molecule is COc1cc(OC)cc(C2=NN(S(C)(=O)=O)C(c3cccc(OC)c3)C2)c1. The molecule has 1 aliphatic rings. The van der Waals surface area contributed by atoms with Crippen molar-refractivity contribution in [3.8, 4) is 17.2 Å². The molecule has 0 saturated carbocycles. The summed E-state index contributed by atoms with van der Waals surface area (Å²) in [5.41, 5.74) is 2.21. The van der Waals surface area contributed by atoms with Gasteiger partial charge >= 0.3 is 0 Å². The van der Waals surface area contributed by atoms with E-state index in [1.165, 1.54) is 0 Å². The monoisotopic (exact) mass is 390 g/mol. The van der Waals surface area contributed by atoms with Crippen LogP contribution >= 0.6 is 0 Å². The minimum Gasteiger partial charge on any atom is -0.497 e. The highest BCUT2D eigenvalue weighted by Crippen LogP contribution is 2.37. The second-order valence-corrected chi connectivity index (χ2v) is 8.02. The van der Waals surface area contributed by atoms with E-state index in [0.29, 0.717) is 29.4 Å². The average molecular weight is 390 g/mol. The van der Waals surface area contributed by atoms with Crippen molar-refractivity contribution in [2.75, 3.05) is 27.6 Å². The van der Waals surface area contributed by atoms with E-state index < -0.39 is 16.1 Å². The van der Waals surface area contributed by atoms with Gasteiger partial charge in [0, 0.05) is 18.1 Å². The molecule has 144 valence electrons. The Hall–Kier alpha value is -2.74. The molecule has 1 atom stereocenters. The molecule has 0 N–H and O–H groups in total. The topological polar surface area (TPSA) is 77.4 Å². The van der Waals surface area contributed by atoms with Crippen LogP contribution in [0.3, 0.4) is 0 Å². The molecule has 0 aliphatic carbocycles. The first-order chi connectivity index (χ1) is 12.9. The van der Waals surface area contributed by atoms with Crippen molar-refractivity contribution in [1.29, 1.82) is 0 Å². The molecule has 0 fully saturated rings. The fourth-order valence-corrected chi connectivity index (χ4v) is 3.95. The molecular weight excluding hydrogens is 368 g/mol. The van der Waals surface area contributed by atoms with E-state index in [4.69, 9.17) is 14.2 Å². The van der Waals surface area contributed by atoms with Gasteiger partial charge < -0.3 is 14.2 Å². The number of methoxy groups -OCH3 is 3. The zero-order chi connectivity index (χ0) is 19.6. The molecule has 2 aromatic rings. The van der Waals surface area contributed by atoms with Crippen molar-refractivity contribution in [2.45, 2.75) is 12.5 Å². The molecule has 1 heterocycles. The van der Waals surface area contributed by atoms with Crippen LogP contribution in [-0.2, 0) is 10.0 Å². The van der Waals surface area contributed by atoms with Crippen LogP contribution < -0.4 is 14.2 Å². The van der Waals surface area contributed by atoms with Crippen LogP contribution in [0.5, 0.6) is 17.2 Å². The fraction of sp³-hybridized carbons (Fsp3) is 0.316. The quantitative estimate of drug-likeness (QED) is 0.758. The third-order valence-electron chi connectivity index (χ3n) is 4.38. The van der Waals surface area contributed by atoms with Crippen LogP contribution in [0.2, 0.25) is 0 Å². The highest BCUT2D eigenvalue weighted by molar-refractivity contribution is 7.88. The molecule has 0 spiro atoms. The maximum absolute atomic E-state index is 12.3. The minimum atomic E-state index is -3.55. The lowest BCUT2D eigenvalue weighted by Gasteiger charge is -2.21. The first kappa shape index (κ1) is 19.0. The second kappa shape index (κ2) is 7.48. The molecule has 0 amide bonds. The van der Waals surface area contributed by atoms with Crippen LogP contribution in [-0.4, -0.2) is 46.1 Å². The first-order valence-corrected chi connectivity index (χ1v) is 10.1. The Labute approximate surface area is 159 Å². The van der Waals surface area contributed by atoms with Gasteiger partial charge in [0.05, 0.1) is 39.3 Å². The predicted molar refractivity (Wildman–Crippen MR) is 103 cm³/mol. The van der Waals surface area contributed by atoms with E-state index >= 15 is 0 Å². The van der Waals surface area contributed by atoms with Gasteiger partial charge in [-0.1, -0.05) is 12.1 Å². The number of sulfonamides is 1.